The number of aryl methyl sites for hydroxylation is 1. The maximum absolute atomic E-state index is 13.6. The molecule has 1 aromatic heterocycles. The summed E-state index contributed by atoms with van der Waals surface area (Å²) in [6.07, 6.45) is 4.37. The molecule has 1 fully saturated rings. The molecule has 172 valence electrons. The van der Waals surface area contributed by atoms with E-state index in [0.717, 1.165) is 47.3 Å². The molecule has 1 aliphatic carbocycles. The third-order valence-corrected chi connectivity index (χ3v) is 7.02. The maximum atomic E-state index is 13.6. The molecule has 1 aliphatic rings. The molecule has 3 aromatic rings. The highest BCUT2D eigenvalue weighted by atomic mass is 32.1. The van der Waals surface area contributed by atoms with Gasteiger partial charge in [0.1, 0.15) is 11.9 Å². The van der Waals surface area contributed by atoms with Crippen molar-refractivity contribution in [2.24, 2.45) is 0 Å². The first-order valence-electron chi connectivity index (χ1n) is 11.4. The van der Waals surface area contributed by atoms with Crippen molar-refractivity contribution in [1.29, 1.82) is 0 Å². The lowest BCUT2D eigenvalue weighted by Gasteiger charge is -2.32. The SMILES string of the molecule is Cc1ccc([C@H](C(=O)NC2CCCC2)N(Cc2ccc(F)cc2)C(=O)Cc2cccs2)cc1. The lowest BCUT2D eigenvalue weighted by molar-refractivity contribution is -0.141. The van der Waals surface area contributed by atoms with Crippen molar-refractivity contribution in [3.8, 4) is 0 Å². The molecule has 1 saturated carbocycles. The van der Waals surface area contributed by atoms with Crippen LogP contribution in [0.1, 0.15) is 53.3 Å². The van der Waals surface area contributed by atoms with Crippen LogP contribution >= 0.6 is 11.3 Å². The minimum absolute atomic E-state index is 0.131. The minimum Gasteiger partial charge on any atom is -0.351 e. The van der Waals surface area contributed by atoms with Crippen molar-refractivity contribution in [2.45, 2.75) is 57.7 Å². The number of rotatable bonds is 8. The summed E-state index contributed by atoms with van der Waals surface area (Å²) >= 11 is 1.52. The zero-order valence-electron chi connectivity index (χ0n) is 18.8. The number of nitrogens with one attached hydrogen (secondary N) is 1. The van der Waals surface area contributed by atoms with Gasteiger partial charge in [0.15, 0.2) is 0 Å². The van der Waals surface area contributed by atoms with Crippen LogP contribution in [0.2, 0.25) is 0 Å². The van der Waals surface area contributed by atoms with Gasteiger partial charge in [-0.1, -0.05) is 60.9 Å². The number of halogens is 1. The molecule has 4 rings (SSSR count). The van der Waals surface area contributed by atoms with Gasteiger partial charge in [-0.15, -0.1) is 11.3 Å². The molecule has 0 spiro atoms. The van der Waals surface area contributed by atoms with Crippen molar-refractivity contribution < 1.29 is 14.0 Å². The second-order valence-corrected chi connectivity index (χ2v) is 9.74. The van der Waals surface area contributed by atoms with E-state index < -0.39 is 6.04 Å². The largest absolute Gasteiger partial charge is 0.351 e. The van der Waals surface area contributed by atoms with Crippen molar-refractivity contribution >= 4 is 23.2 Å². The van der Waals surface area contributed by atoms with Crippen LogP contribution in [0.3, 0.4) is 0 Å². The number of benzene rings is 2. The lowest BCUT2D eigenvalue weighted by Crippen LogP contribution is -2.46. The molecular formula is C27H29FN2O2S. The molecule has 33 heavy (non-hydrogen) atoms. The van der Waals surface area contributed by atoms with E-state index in [-0.39, 0.29) is 36.6 Å². The minimum atomic E-state index is -0.760. The van der Waals surface area contributed by atoms with Crippen LogP contribution in [0.15, 0.2) is 66.0 Å². The topological polar surface area (TPSA) is 49.4 Å². The summed E-state index contributed by atoms with van der Waals surface area (Å²) in [6.45, 7) is 2.22. The predicted octanol–water partition coefficient (Wildman–Crippen LogP) is 5.57. The Morgan fingerprint density at radius 2 is 1.76 bits per heavy atom. The Bertz CT molecular complexity index is 1060. The van der Waals surface area contributed by atoms with Gasteiger partial charge in [0.25, 0.3) is 0 Å². The fraction of sp³-hybridized carbons (Fsp3) is 0.333. The summed E-state index contributed by atoms with van der Waals surface area (Å²) in [6, 6.07) is 17.1. The van der Waals surface area contributed by atoms with Crippen molar-refractivity contribution in [1.82, 2.24) is 10.2 Å². The summed E-state index contributed by atoms with van der Waals surface area (Å²) in [5, 5.41) is 5.13. The van der Waals surface area contributed by atoms with Crippen molar-refractivity contribution in [3.63, 3.8) is 0 Å². The fourth-order valence-electron chi connectivity index (χ4n) is 4.35. The Morgan fingerprint density at radius 1 is 1.06 bits per heavy atom. The quantitative estimate of drug-likeness (QED) is 0.474. The molecule has 0 aliphatic heterocycles. The van der Waals surface area contributed by atoms with E-state index in [0.29, 0.717) is 0 Å². The van der Waals surface area contributed by atoms with E-state index in [4.69, 9.17) is 0 Å². The van der Waals surface area contributed by atoms with Crippen molar-refractivity contribution in [2.75, 3.05) is 0 Å². The summed E-state index contributed by atoms with van der Waals surface area (Å²) in [7, 11) is 0. The first-order valence-corrected chi connectivity index (χ1v) is 12.3. The van der Waals surface area contributed by atoms with Gasteiger partial charge in [-0.3, -0.25) is 9.59 Å². The summed E-state index contributed by atoms with van der Waals surface area (Å²) in [4.78, 5) is 29.8. The second kappa shape index (κ2) is 10.8. The second-order valence-electron chi connectivity index (χ2n) is 8.71. The van der Waals surface area contributed by atoms with Gasteiger partial charge in [-0.25, -0.2) is 4.39 Å². The van der Waals surface area contributed by atoms with E-state index in [1.54, 1.807) is 17.0 Å². The maximum Gasteiger partial charge on any atom is 0.247 e. The van der Waals surface area contributed by atoms with E-state index >= 15 is 0 Å². The number of carbonyl (C=O) groups is 2. The first-order chi connectivity index (χ1) is 16.0. The van der Waals surface area contributed by atoms with Crippen LogP contribution in [-0.4, -0.2) is 22.8 Å². The number of hydrogen-bond donors (Lipinski definition) is 1. The summed E-state index contributed by atoms with van der Waals surface area (Å²) < 4.78 is 13.5. The molecule has 2 amide bonds. The highest BCUT2D eigenvalue weighted by molar-refractivity contribution is 7.10. The predicted molar refractivity (Wildman–Crippen MR) is 129 cm³/mol. The molecule has 0 radical (unpaired) electrons. The Morgan fingerprint density at radius 3 is 2.39 bits per heavy atom. The zero-order valence-corrected chi connectivity index (χ0v) is 19.6. The molecule has 6 heteroatoms. The van der Waals surface area contributed by atoms with Crippen LogP contribution in [0.4, 0.5) is 4.39 Å². The van der Waals surface area contributed by atoms with E-state index in [1.807, 2.05) is 48.7 Å². The molecule has 0 bridgehead atoms. The van der Waals surface area contributed by atoms with E-state index in [1.165, 1.54) is 23.5 Å². The number of hydrogen-bond acceptors (Lipinski definition) is 3. The van der Waals surface area contributed by atoms with Gasteiger partial charge >= 0.3 is 0 Å². The first kappa shape index (κ1) is 23.2. The van der Waals surface area contributed by atoms with Crippen LogP contribution < -0.4 is 5.32 Å². The average Bonchev–Trinajstić information content (AvgIpc) is 3.50. The third-order valence-electron chi connectivity index (χ3n) is 6.15. The van der Waals surface area contributed by atoms with Gasteiger partial charge in [-0.05, 0) is 54.5 Å². The fourth-order valence-corrected chi connectivity index (χ4v) is 5.04. The third kappa shape index (κ3) is 6.08. The summed E-state index contributed by atoms with van der Waals surface area (Å²) in [5.74, 6) is -0.620. The van der Waals surface area contributed by atoms with Crippen LogP contribution in [0.25, 0.3) is 0 Å². The van der Waals surface area contributed by atoms with Crippen LogP contribution in [0.5, 0.6) is 0 Å². The molecule has 0 unspecified atom stereocenters. The number of nitrogens with zero attached hydrogens (tertiary/aromatic N) is 1. The molecule has 1 atom stereocenters. The van der Waals surface area contributed by atoms with Gasteiger partial charge in [-0.2, -0.15) is 0 Å². The molecule has 0 saturated heterocycles. The smallest absolute Gasteiger partial charge is 0.247 e. The van der Waals surface area contributed by atoms with Crippen LogP contribution in [-0.2, 0) is 22.6 Å². The highest BCUT2D eigenvalue weighted by Crippen LogP contribution is 2.27. The Hall–Kier alpha value is -2.99. The van der Waals surface area contributed by atoms with Crippen LogP contribution in [0, 0.1) is 12.7 Å². The average molecular weight is 465 g/mol. The molecule has 4 nitrogen and oxygen atoms in total. The standard InChI is InChI=1S/C27H29FN2O2S/c1-19-8-12-21(13-9-19)26(27(32)29-23-5-2-3-6-23)30(18-20-10-14-22(28)15-11-20)25(31)17-24-7-4-16-33-24/h4,7-16,23,26H,2-3,5-6,17-18H2,1H3,(H,29,32)/t26-/m1/s1. The summed E-state index contributed by atoms with van der Waals surface area (Å²) in [5.41, 5.74) is 2.64. The van der Waals surface area contributed by atoms with Gasteiger partial charge in [0, 0.05) is 17.5 Å². The highest BCUT2D eigenvalue weighted by Gasteiger charge is 2.33. The normalized spacial score (nSPS) is 14.7. The number of amides is 2. The van der Waals surface area contributed by atoms with Gasteiger partial charge < -0.3 is 10.2 Å². The van der Waals surface area contributed by atoms with Gasteiger partial charge in [0.2, 0.25) is 11.8 Å². The number of thiophene rings is 1. The number of carbonyl (C=O) groups excluding carboxylic acids is 2. The monoisotopic (exact) mass is 464 g/mol. The molecule has 1 N–H and O–H groups in total. The van der Waals surface area contributed by atoms with E-state index in [2.05, 4.69) is 5.32 Å². The Balaban J connectivity index is 1.69. The molecule has 2 aromatic carbocycles. The molecule has 1 heterocycles. The lowest BCUT2D eigenvalue weighted by atomic mass is 10.0. The Labute approximate surface area is 198 Å². The van der Waals surface area contributed by atoms with Crippen molar-refractivity contribution in [3.05, 3.63) is 93.4 Å². The zero-order chi connectivity index (χ0) is 23.2. The van der Waals surface area contributed by atoms with E-state index in [9.17, 15) is 14.0 Å². The molecular weight excluding hydrogens is 435 g/mol. The van der Waals surface area contributed by atoms with Gasteiger partial charge in [0.05, 0.1) is 6.42 Å². The Kier molecular flexibility index (Phi) is 7.55.